The number of hydrogen-bond acceptors (Lipinski definition) is 4. The summed E-state index contributed by atoms with van der Waals surface area (Å²) in [4.78, 5) is 12.9. The zero-order valence-corrected chi connectivity index (χ0v) is 13.0. The number of sulfonamides is 1. The first-order chi connectivity index (χ1) is 9.58. The van der Waals surface area contributed by atoms with Crippen LogP contribution in [0.25, 0.3) is 0 Å². The highest BCUT2D eigenvalue weighted by atomic mass is 32.2. The van der Waals surface area contributed by atoms with Gasteiger partial charge in [0.15, 0.2) is 0 Å². The van der Waals surface area contributed by atoms with Gasteiger partial charge in [-0.2, -0.15) is 0 Å². The number of carbonyl (C=O) groups is 1. The summed E-state index contributed by atoms with van der Waals surface area (Å²) >= 11 is 1.67. The van der Waals surface area contributed by atoms with Crippen LogP contribution in [0.15, 0.2) is 17.5 Å². The molecule has 0 radical (unpaired) electrons. The van der Waals surface area contributed by atoms with Gasteiger partial charge in [-0.1, -0.05) is 6.07 Å². The van der Waals surface area contributed by atoms with Crippen molar-refractivity contribution in [1.82, 2.24) is 9.62 Å². The molecule has 2 rings (SSSR count). The predicted octanol–water partition coefficient (Wildman–Crippen LogP) is 1.22. The first-order valence-corrected chi connectivity index (χ1v) is 9.34. The summed E-state index contributed by atoms with van der Waals surface area (Å²) in [6, 6.07) is 4.03. The van der Waals surface area contributed by atoms with Gasteiger partial charge in [-0.15, -0.1) is 11.3 Å². The third-order valence-corrected chi connectivity index (χ3v) is 6.21. The molecule has 1 aliphatic rings. The van der Waals surface area contributed by atoms with Crippen LogP contribution in [-0.4, -0.2) is 44.0 Å². The summed E-state index contributed by atoms with van der Waals surface area (Å²) in [6.07, 6.45) is 2.68. The zero-order valence-electron chi connectivity index (χ0n) is 11.4. The molecule has 1 aromatic heterocycles. The van der Waals surface area contributed by atoms with E-state index in [4.69, 9.17) is 0 Å². The predicted molar refractivity (Wildman–Crippen MR) is 80.2 cm³/mol. The van der Waals surface area contributed by atoms with E-state index in [9.17, 15) is 13.2 Å². The van der Waals surface area contributed by atoms with Crippen molar-refractivity contribution in [3.8, 4) is 0 Å². The fraction of sp³-hybridized carbons (Fsp3) is 0.615. The SMILES string of the molecule is O=C(CCN1CCCCS1(=O)=O)NCCc1cccs1. The summed E-state index contributed by atoms with van der Waals surface area (Å²) in [7, 11) is -3.12. The molecule has 1 amide bonds. The highest BCUT2D eigenvalue weighted by Crippen LogP contribution is 2.13. The molecule has 1 fully saturated rings. The molecule has 0 atom stereocenters. The lowest BCUT2D eigenvalue weighted by atomic mass is 10.3. The number of nitrogens with one attached hydrogen (secondary N) is 1. The molecule has 1 aliphatic heterocycles. The number of rotatable bonds is 6. The zero-order chi connectivity index (χ0) is 14.4. The highest BCUT2D eigenvalue weighted by Gasteiger charge is 2.25. The van der Waals surface area contributed by atoms with Crippen molar-refractivity contribution in [2.24, 2.45) is 0 Å². The third kappa shape index (κ3) is 4.57. The molecule has 0 saturated carbocycles. The lowest BCUT2D eigenvalue weighted by Crippen LogP contribution is -2.40. The van der Waals surface area contributed by atoms with Gasteiger partial charge in [0.1, 0.15) is 0 Å². The van der Waals surface area contributed by atoms with E-state index in [1.807, 2.05) is 17.5 Å². The molecular formula is C13H20N2O3S2. The first kappa shape index (κ1) is 15.5. The minimum atomic E-state index is -3.12. The minimum Gasteiger partial charge on any atom is -0.356 e. The Hall–Kier alpha value is -0.920. The van der Waals surface area contributed by atoms with Crippen molar-refractivity contribution in [2.75, 3.05) is 25.4 Å². The van der Waals surface area contributed by atoms with Crippen molar-refractivity contribution in [2.45, 2.75) is 25.7 Å². The number of nitrogens with zero attached hydrogens (tertiary/aromatic N) is 1. The van der Waals surface area contributed by atoms with E-state index in [0.29, 0.717) is 19.6 Å². The molecule has 0 bridgehead atoms. The van der Waals surface area contributed by atoms with E-state index in [0.717, 1.165) is 19.3 Å². The first-order valence-electron chi connectivity index (χ1n) is 6.85. The van der Waals surface area contributed by atoms with Crippen LogP contribution in [0.1, 0.15) is 24.1 Å². The van der Waals surface area contributed by atoms with Gasteiger partial charge in [0.25, 0.3) is 0 Å². The number of carbonyl (C=O) groups excluding carboxylic acids is 1. The van der Waals surface area contributed by atoms with Gasteiger partial charge in [0.2, 0.25) is 15.9 Å². The van der Waals surface area contributed by atoms with Crippen molar-refractivity contribution < 1.29 is 13.2 Å². The maximum Gasteiger partial charge on any atom is 0.221 e. The molecule has 2 heterocycles. The monoisotopic (exact) mass is 316 g/mol. The van der Waals surface area contributed by atoms with Crippen LogP contribution in [0.2, 0.25) is 0 Å². The number of thiophene rings is 1. The Bertz CT molecular complexity index is 526. The summed E-state index contributed by atoms with van der Waals surface area (Å²) in [5, 5.41) is 4.85. The van der Waals surface area contributed by atoms with Crippen LogP contribution in [-0.2, 0) is 21.2 Å². The van der Waals surface area contributed by atoms with Gasteiger partial charge < -0.3 is 5.32 Å². The molecule has 20 heavy (non-hydrogen) atoms. The van der Waals surface area contributed by atoms with Crippen LogP contribution in [0.5, 0.6) is 0 Å². The molecular weight excluding hydrogens is 296 g/mol. The lowest BCUT2D eigenvalue weighted by molar-refractivity contribution is -0.121. The van der Waals surface area contributed by atoms with E-state index in [2.05, 4.69) is 5.32 Å². The smallest absolute Gasteiger partial charge is 0.221 e. The third-order valence-electron chi connectivity index (χ3n) is 3.32. The Labute approximate surface area is 124 Å². The van der Waals surface area contributed by atoms with E-state index < -0.39 is 10.0 Å². The van der Waals surface area contributed by atoms with E-state index in [1.54, 1.807) is 11.3 Å². The van der Waals surface area contributed by atoms with Crippen LogP contribution >= 0.6 is 11.3 Å². The van der Waals surface area contributed by atoms with Gasteiger partial charge >= 0.3 is 0 Å². The normalized spacial score (nSPS) is 18.8. The second kappa shape index (κ2) is 7.19. The van der Waals surface area contributed by atoms with E-state index in [-0.39, 0.29) is 18.1 Å². The maximum absolute atomic E-state index is 11.8. The fourth-order valence-electron chi connectivity index (χ4n) is 2.19. The number of hydrogen-bond donors (Lipinski definition) is 1. The average molecular weight is 316 g/mol. The molecule has 5 nitrogen and oxygen atoms in total. The van der Waals surface area contributed by atoms with E-state index in [1.165, 1.54) is 9.18 Å². The molecule has 1 N–H and O–H groups in total. The van der Waals surface area contributed by atoms with E-state index >= 15 is 0 Å². The second-order valence-corrected chi connectivity index (χ2v) is 7.97. The summed E-state index contributed by atoms with van der Waals surface area (Å²) in [5.41, 5.74) is 0. The summed E-state index contributed by atoms with van der Waals surface area (Å²) in [6.45, 7) is 1.45. The molecule has 1 aromatic rings. The average Bonchev–Trinajstić information content (AvgIpc) is 2.90. The molecule has 112 valence electrons. The van der Waals surface area contributed by atoms with Gasteiger partial charge in [0.05, 0.1) is 5.75 Å². The Balaban J connectivity index is 1.67. The standard InChI is InChI=1S/C13H20N2O3S2/c16-13(14-7-5-12-4-3-10-19-12)6-9-15-8-1-2-11-20(15,17)18/h3-4,10H,1-2,5-9,11H2,(H,14,16). The summed E-state index contributed by atoms with van der Waals surface area (Å²) in [5.74, 6) is 0.134. The Kier molecular flexibility index (Phi) is 5.56. The van der Waals surface area contributed by atoms with Gasteiger partial charge in [0, 0.05) is 30.9 Å². The Morgan fingerprint density at radius 2 is 2.25 bits per heavy atom. The topological polar surface area (TPSA) is 66.5 Å². The Morgan fingerprint density at radius 3 is 2.95 bits per heavy atom. The highest BCUT2D eigenvalue weighted by molar-refractivity contribution is 7.89. The van der Waals surface area contributed by atoms with Crippen molar-refractivity contribution >= 4 is 27.3 Å². The van der Waals surface area contributed by atoms with Gasteiger partial charge in [-0.3, -0.25) is 4.79 Å². The summed E-state index contributed by atoms with van der Waals surface area (Å²) < 4.78 is 25.0. The largest absolute Gasteiger partial charge is 0.356 e. The lowest BCUT2D eigenvalue weighted by Gasteiger charge is -2.25. The molecule has 0 aromatic carbocycles. The minimum absolute atomic E-state index is 0.0812. The second-order valence-electron chi connectivity index (χ2n) is 4.85. The molecule has 1 saturated heterocycles. The molecule has 0 unspecified atom stereocenters. The van der Waals surface area contributed by atoms with Gasteiger partial charge in [-0.05, 0) is 30.7 Å². The molecule has 0 spiro atoms. The van der Waals surface area contributed by atoms with Crippen molar-refractivity contribution in [3.63, 3.8) is 0 Å². The van der Waals surface area contributed by atoms with Crippen LogP contribution in [0.3, 0.4) is 0 Å². The van der Waals surface area contributed by atoms with Crippen LogP contribution in [0, 0.1) is 0 Å². The quantitative estimate of drug-likeness (QED) is 0.858. The number of amides is 1. The van der Waals surface area contributed by atoms with Crippen molar-refractivity contribution in [1.29, 1.82) is 0 Å². The van der Waals surface area contributed by atoms with Gasteiger partial charge in [-0.25, -0.2) is 12.7 Å². The fourth-order valence-corrected chi connectivity index (χ4v) is 4.50. The van der Waals surface area contributed by atoms with Crippen LogP contribution < -0.4 is 5.32 Å². The maximum atomic E-state index is 11.8. The van der Waals surface area contributed by atoms with Crippen molar-refractivity contribution in [3.05, 3.63) is 22.4 Å². The molecule has 7 heteroatoms. The Morgan fingerprint density at radius 1 is 1.40 bits per heavy atom. The van der Waals surface area contributed by atoms with Crippen LogP contribution in [0.4, 0.5) is 0 Å². The molecule has 0 aliphatic carbocycles.